The van der Waals surface area contributed by atoms with Crippen molar-refractivity contribution in [1.82, 2.24) is 5.32 Å². The van der Waals surface area contributed by atoms with Crippen LogP contribution >= 0.6 is 27.5 Å². The van der Waals surface area contributed by atoms with E-state index in [1.54, 1.807) is 18.2 Å². The summed E-state index contributed by atoms with van der Waals surface area (Å²) in [7, 11) is 0. The van der Waals surface area contributed by atoms with E-state index in [0.717, 1.165) is 4.47 Å². The van der Waals surface area contributed by atoms with Gasteiger partial charge in [-0.25, -0.2) is 4.79 Å². The molecule has 98 valence electrons. The zero-order valence-electron chi connectivity index (χ0n) is 9.37. The van der Waals surface area contributed by atoms with Crippen LogP contribution in [0.5, 0.6) is 0 Å². The Bertz CT molecular complexity index is 454. The van der Waals surface area contributed by atoms with E-state index in [4.69, 9.17) is 16.7 Å². The predicted octanol–water partition coefficient (Wildman–Crippen LogP) is 3.09. The van der Waals surface area contributed by atoms with Gasteiger partial charge in [-0.1, -0.05) is 11.6 Å². The number of benzene rings is 1. The van der Waals surface area contributed by atoms with Gasteiger partial charge < -0.3 is 15.7 Å². The van der Waals surface area contributed by atoms with Gasteiger partial charge in [0.15, 0.2) is 0 Å². The average Bonchev–Trinajstić information content (AvgIpc) is 2.29. The minimum Gasteiger partial charge on any atom is -0.481 e. The number of hydrogen-bond donors (Lipinski definition) is 3. The molecule has 0 aromatic heterocycles. The molecule has 0 atom stereocenters. The number of hydrogen-bond acceptors (Lipinski definition) is 2. The largest absolute Gasteiger partial charge is 0.481 e. The van der Waals surface area contributed by atoms with Crippen molar-refractivity contribution in [3.63, 3.8) is 0 Å². The van der Waals surface area contributed by atoms with Crippen LogP contribution in [0.1, 0.15) is 12.8 Å². The van der Waals surface area contributed by atoms with E-state index in [2.05, 4.69) is 26.6 Å². The molecule has 0 heterocycles. The van der Waals surface area contributed by atoms with Crippen molar-refractivity contribution < 1.29 is 14.7 Å². The van der Waals surface area contributed by atoms with E-state index < -0.39 is 12.0 Å². The third kappa shape index (κ3) is 5.37. The first-order chi connectivity index (χ1) is 8.49. The fraction of sp³-hybridized carbons (Fsp3) is 0.273. The molecule has 1 aromatic rings. The molecule has 0 saturated heterocycles. The first kappa shape index (κ1) is 14.8. The molecule has 2 amide bonds. The highest BCUT2D eigenvalue weighted by Crippen LogP contribution is 2.25. The Morgan fingerprint density at radius 1 is 1.39 bits per heavy atom. The van der Waals surface area contributed by atoms with Crippen LogP contribution in [0.25, 0.3) is 0 Å². The van der Waals surface area contributed by atoms with Crippen LogP contribution in [0.4, 0.5) is 10.5 Å². The smallest absolute Gasteiger partial charge is 0.319 e. The molecule has 5 nitrogen and oxygen atoms in total. The predicted molar refractivity (Wildman–Crippen MR) is 73.0 cm³/mol. The van der Waals surface area contributed by atoms with Gasteiger partial charge in [0, 0.05) is 23.1 Å². The van der Waals surface area contributed by atoms with Crippen molar-refractivity contribution in [1.29, 1.82) is 0 Å². The summed E-state index contributed by atoms with van der Waals surface area (Å²) in [6.07, 6.45) is 0.425. The lowest BCUT2D eigenvalue weighted by Crippen LogP contribution is -2.29. The first-order valence-electron chi connectivity index (χ1n) is 5.20. The number of urea groups is 1. The van der Waals surface area contributed by atoms with Gasteiger partial charge in [0.05, 0.1) is 5.02 Å². The third-order valence-corrected chi connectivity index (χ3v) is 3.26. The van der Waals surface area contributed by atoms with Crippen molar-refractivity contribution in [2.24, 2.45) is 0 Å². The standard InChI is InChI=1S/C11H12BrClN2O3/c12-8-4-3-7(6-9(8)13)15-11(18)14-5-1-2-10(16)17/h3-4,6H,1-2,5H2,(H,16,17)(H2,14,15,18). The third-order valence-electron chi connectivity index (χ3n) is 2.03. The lowest BCUT2D eigenvalue weighted by molar-refractivity contribution is -0.137. The molecule has 0 aliphatic heterocycles. The molecule has 3 N–H and O–H groups in total. The molecule has 0 bridgehead atoms. The summed E-state index contributed by atoms with van der Waals surface area (Å²) < 4.78 is 0.747. The molecule has 7 heteroatoms. The van der Waals surface area contributed by atoms with Crippen molar-refractivity contribution in [3.8, 4) is 0 Å². The summed E-state index contributed by atoms with van der Waals surface area (Å²) in [6.45, 7) is 0.308. The molecule has 0 unspecified atom stereocenters. The first-order valence-corrected chi connectivity index (χ1v) is 6.38. The topological polar surface area (TPSA) is 78.4 Å². The van der Waals surface area contributed by atoms with Crippen LogP contribution in [-0.2, 0) is 4.79 Å². The van der Waals surface area contributed by atoms with Crippen LogP contribution in [0.2, 0.25) is 5.02 Å². The lowest BCUT2D eigenvalue weighted by Gasteiger charge is -2.07. The molecule has 0 fully saturated rings. The fourth-order valence-electron chi connectivity index (χ4n) is 1.19. The second-order valence-electron chi connectivity index (χ2n) is 3.51. The Morgan fingerprint density at radius 2 is 2.11 bits per heavy atom. The number of anilines is 1. The summed E-state index contributed by atoms with van der Waals surface area (Å²) in [5, 5.41) is 14.1. The van der Waals surface area contributed by atoms with Gasteiger partial charge in [0.25, 0.3) is 0 Å². The number of nitrogens with one attached hydrogen (secondary N) is 2. The van der Waals surface area contributed by atoms with E-state index >= 15 is 0 Å². The van der Waals surface area contributed by atoms with Gasteiger partial charge >= 0.3 is 12.0 Å². The van der Waals surface area contributed by atoms with E-state index in [9.17, 15) is 9.59 Å². The molecule has 0 aliphatic carbocycles. The van der Waals surface area contributed by atoms with Crippen molar-refractivity contribution in [3.05, 3.63) is 27.7 Å². The molecular formula is C11H12BrClN2O3. The minimum atomic E-state index is -0.878. The maximum atomic E-state index is 11.4. The minimum absolute atomic E-state index is 0.0321. The Morgan fingerprint density at radius 3 is 2.72 bits per heavy atom. The summed E-state index contributed by atoms with van der Waals surface area (Å²) >= 11 is 9.12. The quantitative estimate of drug-likeness (QED) is 0.724. The average molecular weight is 336 g/mol. The molecule has 1 aromatic carbocycles. The van der Waals surface area contributed by atoms with E-state index in [1.165, 1.54) is 0 Å². The van der Waals surface area contributed by atoms with Crippen LogP contribution in [-0.4, -0.2) is 23.7 Å². The maximum Gasteiger partial charge on any atom is 0.319 e. The number of carbonyl (C=O) groups is 2. The summed E-state index contributed by atoms with van der Waals surface area (Å²) in [5.41, 5.74) is 0.568. The molecule has 0 saturated carbocycles. The number of aliphatic carboxylic acids is 1. The maximum absolute atomic E-state index is 11.4. The molecule has 0 radical (unpaired) electrons. The summed E-state index contributed by atoms with van der Waals surface area (Å²) in [4.78, 5) is 21.7. The van der Waals surface area contributed by atoms with Gasteiger partial charge in [-0.05, 0) is 40.5 Å². The van der Waals surface area contributed by atoms with Crippen LogP contribution in [0, 0.1) is 0 Å². The molecular weight excluding hydrogens is 323 g/mol. The van der Waals surface area contributed by atoms with Gasteiger partial charge in [-0.3, -0.25) is 4.79 Å². The molecule has 0 aliphatic rings. The Balaban J connectivity index is 2.35. The highest BCUT2D eigenvalue weighted by Gasteiger charge is 2.04. The fourth-order valence-corrected chi connectivity index (χ4v) is 1.62. The van der Waals surface area contributed by atoms with Crippen LogP contribution < -0.4 is 10.6 Å². The molecule has 0 spiro atoms. The Labute approximate surface area is 118 Å². The van der Waals surface area contributed by atoms with E-state index in [-0.39, 0.29) is 6.42 Å². The zero-order chi connectivity index (χ0) is 13.5. The number of amides is 2. The highest BCUT2D eigenvalue weighted by molar-refractivity contribution is 9.10. The molecule has 18 heavy (non-hydrogen) atoms. The lowest BCUT2D eigenvalue weighted by atomic mass is 10.3. The second-order valence-corrected chi connectivity index (χ2v) is 4.77. The van der Waals surface area contributed by atoms with Crippen LogP contribution in [0.15, 0.2) is 22.7 Å². The SMILES string of the molecule is O=C(O)CCCNC(=O)Nc1ccc(Br)c(Cl)c1. The van der Waals surface area contributed by atoms with Crippen LogP contribution in [0.3, 0.4) is 0 Å². The molecule has 1 rings (SSSR count). The zero-order valence-corrected chi connectivity index (χ0v) is 11.7. The van der Waals surface area contributed by atoms with E-state index in [0.29, 0.717) is 23.7 Å². The normalized spacial score (nSPS) is 9.89. The summed E-state index contributed by atoms with van der Waals surface area (Å²) in [6, 6.07) is 4.65. The van der Waals surface area contributed by atoms with Gasteiger partial charge in [0.2, 0.25) is 0 Å². The number of carboxylic acid groups (broad SMARTS) is 1. The number of halogens is 2. The Hall–Kier alpha value is -1.27. The number of rotatable bonds is 5. The summed E-state index contributed by atoms with van der Waals surface area (Å²) in [5.74, 6) is -0.878. The van der Waals surface area contributed by atoms with Crippen molar-refractivity contribution >= 4 is 45.2 Å². The van der Waals surface area contributed by atoms with Crippen molar-refractivity contribution in [2.45, 2.75) is 12.8 Å². The Kier molecular flexibility index (Phi) is 5.94. The second kappa shape index (κ2) is 7.23. The monoisotopic (exact) mass is 334 g/mol. The van der Waals surface area contributed by atoms with Gasteiger partial charge in [-0.15, -0.1) is 0 Å². The number of carbonyl (C=O) groups excluding carboxylic acids is 1. The number of carboxylic acids is 1. The van der Waals surface area contributed by atoms with E-state index in [1.807, 2.05) is 0 Å². The van der Waals surface area contributed by atoms with Crippen molar-refractivity contribution in [2.75, 3.05) is 11.9 Å². The van der Waals surface area contributed by atoms with Gasteiger partial charge in [-0.2, -0.15) is 0 Å². The van der Waals surface area contributed by atoms with Gasteiger partial charge in [0.1, 0.15) is 0 Å². The highest BCUT2D eigenvalue weighted by atomic mass is 79.9.